The van der Waals surface area contributed by atoms with Crippen molar-refractivity contribution in [2.45, 2.75) is 84.0 Å². The molecule has 116 valence electrons. The smallest absolute Gasteiger partial charge is 0.303 e. The van der Waals surface area contributed by atoms with E-state index in [0.29, 0.717) is 6.42 Å². The number of rotatable bonds is 6. The third-order valence-electron chi connectivity index (χ3n) is 6.03. The largest absolute Gasteiger partial charge is 0.481 e. The summed E-state index contributed by atoms with van der Waals surface area (Å²) in [5, 5.41) is 8.70. The van der Waals surface area contributed by atoms with Crippen molar-refractivity contribution < 1.29 is 9.90 Å². The summed E-state index contributed by atoms with van der Waals surface area (Å²) in [6.07, 6.45) is 15.2. The molecule has 2 rings (SSSR count). The molecule has 0 aromatic carbocycles. The summed E-state index contributed by atoms with van der Waals surface area (Å²) < 4.78 is 0. The van der Waals surface area contributed by atoms with Crippen molar-refractivity contribution in [3.63, 3.8) is 0 Å². The summed E-state index contributed by atoms with van der Waals surface area (Å²) in [6, 6.07) is 0. The maximum Gasteiger partial charge on any atom is 0.303 e. The molecule has 0 bridgehead atoms. The molecule has 0 aromatic heterocycles. The molecule has 0 atom stereocenters. The molecular weight excluding hydrogens is 248 g/mol. The van der Waals surface area contributed by atoms with Gasteiger partial charge in [0, 0.05) is 6.42 Å². The average Bonchev–Trinajstić information content (AvgIpc) is 2.48. The summed E-state index contributed by atoms with van der Waals surface area (Å²) in [6.45, 7) is 2.34. The van der Waals surface area contributed by atoms with Gasteiger partial charge < -0.3 is 5.11 Å². The first-order chi connectivity index (χ1) is 9.69. The fourth-order valence-electron chi connectivity index (χ4n) is 4.56. The molecule has 0 amide bonds. The van der Waals surface area contributed by atoms with Gasteiger partial charge in [0.1, 0.15) is 0 Å². The molecule has 2 heteroatoms. The van der Waals surface area contributed by atoms with Crippen LogP contribution in [0, 0.1) is 23.7 Å². The van der Waals surface area contributed by atoms with E-state index < -0.39 is 5.97 Å². The minimum Gasteiger partial charge on any atom is -0.481 e. The summed E-state index contributed by atoms with van der Waals surface area (Å²) >= 11 is 0. The molecule has 0 heterocycles. The van der Waals surface area contributed by atoms with E-state index in [2.05, 4.69) is 6.92 Å². The molecule has 2 nitrogen and oxygen atoms in total. The minimum absolute atomic E-state index is 0.362. The Morgan fingerprint density at radius 2 is 1.40 bits per heavy atom. The maximum absolute atomic E-state index is 10.6. The van der Waals surface area contributed by atoms with Gasteiger partial charge in [0.05, 0.1) is 0 Å². The second-order valence-corrected chi connectivity index (χ2v) is 7.26. The lowest BCUT2D eigenvalue weighted by Crippen LogP contribution is -2.25. The monoisotopic (exact) mass is 280 g/mol. The number of carboxylic acid groups (broad SMARTS) is 1. The first-order valence-electron chi connectivity index (χ1n) is 8.90. The van der Waals surface area contributed by atoms with Crippen molar-refractivity contribution in [2.75, 3.05) is 0 Å². The van der Waals surface area contributed by atoms with Crippen molar-refractivity contribution in [3.8, 4) is 0 Å². The van der Waals surface area contributed by atoms with Crippen molar-refractivity contribution in [1.29, 1.82) is 0 Å². The minimum atomic E-state index is -0.633. The number of aliphatic carboxylic acids is 1. The first-order valence-corrected chi connectivity index (χ1v) is 8.90. The summed E-state index contributed by atoms with van der Waals surface area (Å²) in [7, 11) is 0. The van der Waals surface area contributed by atoms with E-state index in [4.69, 9.17) is 5.11 Å². The van der Waals surface area contributed by atoms with Gasteiger partial charge in [-0.1, -0.05) is 39.0 Å². The Hall–Kier alpha value is -0.530. The second-order valence-electron chi connectivity index (χ2n) is 7.26. The average molecular weight is 280 g/mol. The molecule has 0 radical (unpaired) electrons. The van der Waals surface area contributed by atoms with Gasteiger partial charge in [0.15, 0.2) is 0 Å². The Bertz CT molecular complexity index is 284. The van der Waals surface area contributed by atoms with Gasteiger partial charge in [0.2, 0.25) is 0 Å². The molecular formula is C18H32O2. The molecule has 2 aliphatic rings. The predicted octanol–water partition coefficient (Wildman–Crippen LogP) is 5.26. The Morgan fingerprint density at radius 1 is 0.900 bits per heavy atom. The first kappa shape index (κ1) is 15.9. The van der Waals surface area contributed by atoms with Gasteiger partial charge >= 0.3 is 5.97 Å². The number of carbonyl (C=O) groups is 1. The van der Waals surface area contributed by atoms with Crippen molar-refractivity contribution in [1.82, 2.24) is 0 Å². The van der Waals surface area contributed by atoms with Crippen LogP contribution in [-0.4, -0.2) is 11.1 Å². The lowest BCUT2D eigenvalue weighted by molar-refractivity contribution is -0.137. The fraction of sp³-hybridized carbons (Fsp3) is 0.944. The van der Waals surface area contributed by atoms with Crippen LogP contribution < -0.4 is 0 Å². The lowest BCUT2D eigenvalue weighted by Gasteiger charge is -2.37. The molecule has 0 saturated heterocycles. The Labute approximate surface area is 124 Å². The second kappa shape index (κ2) is 8.05. The van der Waals surface area contributed by atoms with E-state index in [-0.39, 0.29) is 0 Å². The number of hydrogen-bond acceptors (Lipinski definition) is 1. The number of hydrogen-bond donors (Lipinski definition) is 1. The molecule has 0 unspecified atom stereocenters. The van der Waals surface area contributed by atoms with E-state index in [1.54, 1.807) is 0 Å². The van der Waals surface area contributed by atoms with Crippen LogP contribution >= 0.6 is 0 Å². The molecule has 2 saturated carbocycles. The van der Waals surface area contributed by atoms with Crippen LogP contribution in [-0.2, 0) is 4.79 Å². The molecule has 0 aliphatic heterocycles. The number of carboxylic acids is 1. The quantitative estimate of drug-likeness (QED) is 0.720. The third kappa shape index (κ3) is 4.79. The Kier molecular flexibility index (Phi) is 6.38. The van der Waals surface area contributed by atoms with Crippen LogP contribution in [0.3, 0.4) is 0 Å². The van der Waals surface area contributed by atoms with E-state index in [0.717, 1.165) is 36.5 Å². The van der Waals surface area contributed by atoms with Crippen molar-refractivity contribution in [3.05, 3.63) is 0 Å². The van der Waals surface area contributed by atoms with Crippen molar-refractivity contribution >= 4 is 5.97 Å². The van der Waals surface area contributed by atoms with E-state index in [1.807, 2.05) is 0 Å². The standard InChI is InChI=1S/C18H32O2/c1-2-14-6-10-16(11-7-14)17-12-8-15(9-13-17)4-3-5-18(19)20/h14-17H,2-13H2,1H3,(H,19,20)/t14-,15-,16-,17-. The highest BCUT2D eigenvalue weighted by Gasteiger charge is 2.30. The highest BCUT2D eigenvalue weighted by Crippen LogP contribution is 2.42. The highest BCUT2D eigenvalue weighted by molar-refractivity contribution is 5.66. The van der Waals surface area contributed by atoms with Gasteiger partial charge in [0.25, 0.3) is 0 Å². The van der Waals surface area contributed by atoms with Gasteiger partial charge in [-0.05, 0) is 62.2 Å². The fourth-order valence-corrected chi connectivity index (χ4v) is 4.56. The topological polar surface area (TPSA) is 37.3 Å². The zero-order valence-electron chi connectivity index (χ0n) is 13.2. The summed E-state index contributed by atoms with van der Waals surface area (Å²) in [5.74, 6) is 3.20. The molecule has 1 N–H and O–H groups in total. The van der Waals surface area contributed by atoms with Gasteiger partial charge in [-0.25, -0.2) is 0 Å². The van der Waals surface area contributed by atoms with Crippen LogP contribution in [0.25, 0.3) is 0 Å². The Balaban J connectivity index is 1.63. The highest BCUT2D eigenvalue weighted by atomic mass is 16.4. The molecule has 0 aromatic rings. The zero-order valence-corrected chi connectivity index (χ0v) is 13.2. The lowest BCUT2D eigenvalue weighted by atomic mass is 9.68. The van der Waals surface area contributed by atoms with Crippen LogP contribution in [0.15, 0.2) is 0 Å². The van der Waals surface area contributed by atoms with Crippen LogP contribution in [0.1, 0.15) is 84.0 Å². The van der Waals surface area contributed by atoms with Gasteiger partial charge in [-0.15, -0.1) is 0 Å². The van der Waals surface area contributed by atoms with E-state index in [1.165, 1.54) is 57.8 Å². The molecule has 2 aliphatic carbocycles. The molecule has 20 heavy (non-hydrogen) atoms. The van der Waals surface area contributed by atoms with E-state index >= 15 is 0 Å². The maximum atomic E-state index is 10.6. The summed E-state index contributed by atoms with van der Waals surface area (Å²) in [5.41, 5.74) is 0. The normalized spacial score (nSPS) is 34.9. The third-order valence-corrected chi connectivity index (χ3v) is 6.03. The van der Waals surface area contributed by atoms with E-state index in [9.17, 15) is 4.79 Å². The van der Waals surface area contributed by atoms with Crippen molar-refractivity contribution in [2.24, 2.45) is 23.7 Å². The Morgan fingerprint density at radius 3 is 1.85 bits per heavy atom. The summed E-state index contributed by atoms with van der Waals surface area (Å²) in [4.78, 5) is 10.6. The molecule has 0 spiro atoms. The van der Waals surface area contributed by atoms with Crippen LogP contribution in [0.2, 0.25) is 0 Å². The van der Waals surface area contributed by atoms with Gasteiger partial charge in [-0.2, -0.15) is 0 Å². The van der Waals surface area contributed by atoms with Gasteiger partial charge in [-0.3, -0.25) is 4.79 Å². The zero-order chi connectivity index (χ0) is 14.4. The van der Waals surface area contributed by atoms with Crippen LogP contribution in [0.4, 0.5) is 0 Å². The molecule has 2 fully saturated rings. The predicted molar refractivity (Wildman–Crippen MR) is 82.7 cm³/mol. The van der Waals surface area contributed by atoms with Crippen LogP contribution in [0.5, 0.6) is 0 Å². The SMILES string of the molecule is CC[C@H]1CC[C@H]([C@H]2CC[C@H](CCCC(=O)O)CC2)CC1.